The highest BCUT2D eigenvalue weighted by Crippen LogP contribution is 2.27. The van der Waals surface area contributed by atoms with Crippen LogP contribution < -0.4 is 10.6 Å². The minimum absolute atomic E-state index is 0.131. The van der Waals surface area contributed by atoms with E-state index in [0.29, 0.717) is 11.8 Å². The molecule has 0 saturated carbocycles. The molecule has 0 spiro atoms. The zero-order chi connectivity index (χ0) is 20.5. The predicted molar refractivity (Wildman–Crippen MR) is 117 cm³/mol. The number of carbonyl (C=O) groups excluding carboxylic acids is 1. The van der Waals surface area contributed by atoms with E-state index >= 15 is 0 Å². The summed E-state index contributed by atoms with van der Waals surface area (Å²) in [4.78, 5) is 16.6. The fraction of sp³-hybridized carbons (Fsp3) is 0.318. The molecule has 2 aromatic carbocycles. The highest BCUT2D eigenvalue weighted by Gasteiger charge is 2.22. The molecule has 1 heterocycles. The summed E-state index contributed by atoms with van der Waals surface area (Å²) in [7, 11) is 0. The number of amides is 1. The van der Waals surface area contributed by atoms with Gasteiger partial charge < -0.3 is 15.1 Å². The molecule has 28 heavy (non-hydrogen) atoms. The minimum Gasteiger partial charge on any atom is -0.436 e. The van der Waals surface area contributed by atoms with Gasteiger partial charge >= 0.3 is 0 Å². The Hall–Kier alpha value is -2.73. The highest BCUT2D eigenvalue weighted by atomic mass is 32.1. The van der Waals surface area contributed by atoms with Crippen LogP contribution in [-0.4, -0.2) is 16.0 Å². The van der Waals surface area contributed by atoms with E-state index in [0.717, 1.165) is 22.4 Å². The van der Waals surface area contributed by atoms with Crippen molar-refractivity contribution in [1.29, 1.82) is 0 Å². The number of aromatic nitrogens is 1. The van der Waals surface area contributed by atoms with E-state index in [1.807, 2.05) is 51.1 Å². The lowest BCUT2D eigenvalue weighted by Crippen LogP contribution is -2.41. The van der Waals surface area contributed by atoms with Gasteiger partial charge in [-0.15, -0.1) is 0 Å². The summed E-state index contributed by atoms with van der Waals surface area (Å²) in [6, 6.07) is 13.7. The van der Waals surface area contributed by atoms with Crippen LogP contribution in [0.15, 0.2) is 46.9 Å². The van der Waals surface area contributed by atoms with E-state index < -0.39 is 5.41 Å². The minimum atomic E-state index is -0.502. The van der Waals surface area contributed by atoms with Gasteiger partial charge in [-0.1, -0.05) is 40.7 Å². The quantitative estimate of drug-likeness (QED) is 0.575. The first kappa shape index (κ1) is 20.0. The number of carbonyl (C=O) groups is 1. The van der Waals surface area contributed by atoms with Crippen molar-refractivity contribution in [2.75, 3.05) is 5.32 Å². The summed E-state index contributed by atoms with van der Waals surface area (Å²) in [5.41, 5.74) is 4.01. The molecule has 0 bridgehead atoms. The zero-order valence-electron chi connectivity index (χ0n) is 16.8. The average molecular weight is 396 g/mol. The molecule has 5 nitrogen and oxygen atoms in total. The lowest BCUT2D eigenvalue weighted by atomic mass is 9.96. The number of fused-ring (bicyclic) bond motifs is 1. The predicted octanol–water partition coefficient (Wildman–Crippen LogP) is 5.48. The first-order valence-electron chi connectivity index (χ1n) is 9.27. The molecule has 0 atom stereocenters. The van der Waals surface area contributed by atoms with Gasteiger partial charge in [0.1, 0.15) is 5.52 Å². The second-order valence-electron chi connectivity index (χ2n) is 8.14. The van der Waals surface area contributed by atoms with Gasteiger partial charge in [0, 0.05) is 16.7 Å². The molecule has 1 amide bonds. The van der Waals surface area contributed by atoms with E-state index in [9.17, 15) is 4.79 Å². The Kier molecular flexibility index (Phi) is 5.52. The van der Waals surface area contributed by atoms with Gasteiger partial charge in [0.25, 0.3) is 0 Å². The third-order valence-electron chi connectivity index (χ3n) is 4.38. The van der Waals surface area contributed by atoms with Crippen LogP contribution in [0.2, 0.25) is 0 Å². The standard InChI is InChI=1S/C22H25N3O2S/c1-13(2)15-8-11-18-17(12-15)24-19(27-18)14-6-9-16(10-7-14)23-21(28)25-20(26)22(3,4)5/h6-13H,1-5H3,(H2,23,25,26,28). The van der Waals surface area contributed by atoms with Gasteiger partial charge in [0.05, 0.1) is 0 Å². The third kappa shape index (κ3) is 4.57. The van der Waals surface area contributed by atoms with Crippen molar-refractivity contribution >= 4 is 40.0 Å². The van der Waals surface area contributed by atoms with E-state index in [2.05, 4.69) is 41.6 Å². The molecule has 0 aliphatic heterocycles. The number of hydrogen-bond donors (Lipinski definition) is 2. The van der Waals surface area contributed by atoms with Crippen LogP contribution in [0.5, 0.6) is 0 Å². The largest absolute Gasteiger partial charge is 0.436 e. The van der Waals surface area contributed by atoms with Gasteiger partial charge in [-0.3, -0.25) is 4.79 Å². The first-order chi connectivity index (χ1) is 13.1. The van der Waals surface area contributed by atoms with E-state index in [1.54, 1.807) is 0 Å². The molecule has 0 unspecified atom stereocenters. The summed E-state index contributed by atoms with van der Waals surface area (Å²) in [6.07, 6.45) is 0. The molecule has 0 radical (unpaired) electrons. The molecule has 1 aromatic heterocycles. The van der Waals surface area contributed by atoms with Crippen LogP contribution in [0.25, 0.3) is 22.6 Å². The molecule has 146 valence electrons. The maximum Gasteiger partial charge on any atom is 0.231 e. The Bertz CT molecular complexity index is 1010. The summed E-state index contributed by atoms with van der Waals surface area (Å²) in [6.45, 7) is 9.82. The average Bonchev–Trinajstić information content (AvgIpc) is 3.04. The smallest absolute Gasteiger partial charge is 0.231 e. The number of anilines is 1. The van der Waals surface area contributed by atoms with E-state index in [4.69, 9.17) is 16.6 Å². The maximum absolute atomic E-state index is 12.0. The maximum atomic E-state index is 12.0. The van der Waals surface area contributed by atoms with Crippen molar-refractivity contribution in [3.8, 4) is 11.5 Å². The van der Waals surface area contributed by atoms with Crippen molar-refractivity contribution in [2.24, 2.45) is 5.41 Å². The monoisotopic (exact) mass is 395 g/mol. The number of rotatable bonds is 3. The SMILES string of the molecule is CC(C)c1ccc2oc(-c3ccc(NC(=S)NC(=O)C(C)(C)C)cc3)nc2c1. The van der Waals surface area contributed by atoms with Crippen molar-refractivity contribution in [3.63, 3.8) is 0 Å². The Morgan fingerprint density at radius 2 is 1.79 bits per heavy atom. The molecule has 0 fully saturated rings. The summed E-state index contributed by atoms with van der Waals surface area (Å²) >= 11 is 5.21. The summed E-state index contributed by atoms with van der Waals surface area (Å²) < 4.78 is 5.89. The summed E-state index contributed by atoms with van der Waals surface area (Å²) in [5.74, 6) is 0.887. The van der Waals surface area contributed by atoms with E-state index in [1.165, 1.54) is 5.56 Å². The molecule has 3 aromatic rings. The Morgan fingerprint density at radius 1 is 1.11 bits per heavy atom. The lowest BCUT2D eigenvalue weighted by Gasteiger charge is -2.18. The molecule has 2 N–H and O–H groups in total. The fourth-order valence-electron chi connectivity index (χ4n) is 2.58. The highest BCUT2D eigenvalue weighted by molar-refractivity contribution is 7.80. The topological polar surface area (TPSA) is 67.2 Å². The zero-order valence-corrected chi connectivity index (χ0v) is 17.6. The second kappa shape index (κ2) is 7.72. The van der Waals surface area contributed by atoms with Gasteiger partial charge in [-0.25, -0.2) is 4.98 Å². The number of oxazole rings is 1. The van der Waals surface area contributed by atoms with Gasteiger partial charge in [0.2, 0.25) is 11.8 Å². The number of benzene rings is 2. The Morgan fingerprint density at radius 3 is 2.39 bits per heavy atom. The normalized spacial score (nSPS) is 11.6. The Labute approximate surface area is 170 Å². The van der Waals surface area contributed by atoms with E-state index in [-0.39, 0.29) is 11.0 Å². The molecular weight excluding hydrogens is 370 g/mol. The molecular formula is C22H25N3O2S. The van der Waals surface area contributed by atoms with Gasteiger partial charge in [-0.05, 0) is 60.1 Å². The number of hydrogen-bond acceptors (Lipinski definition) is 4. The molecule has 6 heteroatoms. The van der Waals surface area contributed by atoms with Crippen LogP contribution in [-0.2, 0) is 4.79 Å². The molecule has 0 aliphatic carbocycles. The fourth-order valence-corrected chi connectivity index (χ4v) is 2.79. The van der Waals surface area contributed by atoms with Crippen LogP contribution in [0.3, 0.4) is 0 Å². The first-order valence-corrected chi connectivity index (χ1v) is 9.67. The number of nitrogens with one attached hydrogen (secondary N) is 2. The van der Waals surface area contributed by atoms with Gasteiger partial charge in [-0.2, -0.15) is 0 Å². The number of thiocarbonyl (C=S) groups is 1. The molecule has 0 aliphatic rings. The van der Waals surface area contributed by atoms with Crippen molar-refractivity contribution in [2.45, 2.75) is 40.5 Å². The van der Waals surface area contributed by atoms with Crippen molar-refractivity contribution in [3.05, 3.63) is 48.0 Å². The summed E-state index contributed by atoms with van der Waals surface area (Å²) in [5, 5.41) is 5.99. The second-order valence-corrected chi connectivity index (χ2v) is 8.54. The van der Waals surface area contributed by atoms with Crippen LogP contribution in [0, 0.1) is 5.41 Å². The van der Waals surface area contributed by atoms with Crippen LogP contribution in [0.4, 0.5) is 5.69 Å². The number of nitrogens with zero attached hydrogens (tertiary/aromatic N) is 1. The van der Waals surface area contributed by atoms with Gasteiger partial charge in [0.15, 0.2) is 10.7 Å². The van der Waals surface area contributed by atoms with Crippen molar-refractivity contribution in [1.82, 2.24) is 10.3 Å². The molecule has 0 saturated heterocycles. The molecule has 3 rings (SSSR count). The van der Waals surface area contributed by atoms with Crippen LogP contribution in [0.1, 0.15) is 46.1 Å². The van der Waals surface area contributed by atoms with Crippen molar-refractivity contribution < 1.29 is 9.21 Å². The Balaban J connectivity index is 1.73. The third-order valence-corrected chi connectivity index (χ3v) is 4.58. The lowest BCUT2D eigenvalue weighted by molar-refractivity contribution is -0.126. The van der Waals surface area contributed by atoms with Crippen LogP contribution >= 0.6 is 12.2 Å².